The van der Waals surface area contributed by atoms with Gasteiger partial charge >= 0.3 is 5.97 Å². The Balaban J connectivity index is 1.51. The lowest BCUT2D eigenvalue weighted by molar-refractivity contribution is -0.137. The number of nitrogens with zero attached hydrogens (tertiary/aromatic N) is 3. The highest BCUT2D eigenvalue weighted by Gasteiger charge is 2.29. The number of amides is 2. The van der Waals surface area contributed by atoms with E-state index in [0.29, 0.717) is 38.0 Å². The molecule has 2 aliphatic rings. The number of hydrogen-bond donors (Lipinski definition) is 1. The topological polar surface area (TPSA) is 106 Å². The van der Waals surface area contributed by atoms with E-state index < -0.39 is 5.97 Å². The second-order valence-electron chi connectivity index (χ2n) is 8.59. The highest BCUT2D eigenvalue weighted by Crippen LogP contribution is 2.29. The van der Waals surface area contributed by atoms with Crippen molar-refractivity contribution >= 4 is 28.7 Å². The van der Waals surface area contributed by atoms with Crippen LogP contribution in [0.5, 0.6) is 0 Å². The van der Waals surface area contributed by atoms with Gasteiger partial charge in [0.05, 0.1) is 11.1 Å². The van der Waals surface area contributed by atoms with E-state index in [-0.39, 0.29) is 24.3 Å². The van der Waals surface area contributed by atoms with Crippen LogP contribution in [0.3, 0.4) is 0 Å². The fraction of sp³-hybridized carbons (Fsp3) is 0.500. The number of para-hydroxylation sites is 1. The number of fused-ring (bicyclic) bond motifs is 2. The number of hydrogen-bond acceptors (Lipinski definition) is 6. The summed E-state index contributed by atoms with van der Waals surface area (Å²) in [6.45, 7) is 5.25. The Kier molecular flexibility index (Phi) is 6.69. The van der Waals surface area contributed by atoms with Crippen LogP contribution in [-0.4, -0.2) is 65.4 Å². The van der Waals surface area contributed by atoms with Crippen molar-refractivity contribution < 1.29 is 19.1 Å². The van der Waals surface area contributed by atoms with E-state index in [4.69, 9.17) is 15.5 Å². The van der Waals surface area contributed by atoms with E-state index in [9.17, 15) is 14.4 Å². The van der Waals surface area contributed by atoms with Crippen LogP contribution in [-0.2, 0) is 27.3 Å². The third-order valence-electron chi connectivity index (χ3n) is 6.45. The largest absolute Gasteiger partial charge is 0.452 e. The summed E-state index contributed by atoms with van der Waals surface area (Å²) >= 11 is 0. The molecule has 8 nitrogen and oxygen atoms in total. The first-order chi connectivity index (χ1) is 15.5. The van der Waals surface area contributed by atoms with Gasteiger partial charge in [-0.15, -0.1) is 0 Å². The van der Waals surface area contributed by atoms with E-state index in [1.165, 1.54) is 0 Å². The Bertz CT molecular complexity index is 1030. The molecule has 0 atom stereocenters. The van der Waals surface area contributed by atoms with Gasteiger partial charge in [0.15, 0.2) is 6.61 Å². The zero-order valence-corrected chi connectivity index (χ0v) is 18.5. The number of carbonyl (C=O) groups is 3. The molecule has 2 amide bonds. The molecule has 0 spiro atoms. The molecule has 1 aromatic heterocycles. The maximum absolute atomic E-state index is 13.2. The zero-order chi connectivity index (χ0) is 22.7. The molecule has 170 valence electrons. The smallest absolute Gasteiger partial charge is 0.339 e. The van der Waals surface area contributed by atoms with Crippen molar-refractivity contribution in [1.29, 1.82) is 0 Å². The molecule has 8 heteroatoms. The van der Waals surface area contributed by atoms with Crippen LogP contribution in [0.4, 0.5) is 0 Å². The highest BCUT2D eigenvalue weighted by molar-refractivity contribution is 6.05. The summed E-state index contributed by atoms with van der Waals surface area (Å²) in [4.78, 5) is 45.9. The number of likely N-dealkylation sites (tertiary alicyclic amines) is 1. The molecule has 0 aliphatic carbocycles. The van der Waals surface area contributed by atoms with E-state index in [2.05, 4.69) is 11.8 Å². The summed E-state index contributed by atoms with van der Waals surface area (Å²) in [5.41, 5.74) is 8.49. The van der Waals surface area contributed by atoms with E-state index in [0.717, 1.165) is 48.1 Å². The Morgan fingerprint density at radius 1 is 1.16 bits per heavy atom. The van der Waals surface area contributed by atoms with Crippen molar-refractivity contribution in [3.8, 4) is 0 Å². The number of carbonyl (C=O) groups excluding carboxylic acids is 3. The Morgan fingerprint density at radius 3 is 2.62 bits per heavy atom. The molecule has 0 bridgehead atoms. The molecule has 1 aromatic carbocycles. The molecular formula is C24H30N4O4. The second kappa shape index (κ2) is 9.65. The van der Waals surface area contributed by atoms with E-state index in [1.54, 1.807) is 4.90 Å². The molecule has 0 unspecified atom stereocenters. The number of benzene rings is 1. The number of rotatable bonds is 6. The maximum atomic E-state index is 13.2. The van der Waals surface area contributed by atoms with Gasteiger partial charge < -0.3 is 15.4 Å². The summed E-state index contributed by atoms with van der Waals surface area (Å²) in [5, 5.41) is 0.754. The third-order valence-corrected chi connectivity index (χ3v) is 6.45. The predicted molar refractivity (Wildman–Crippen MR) is 120 cm³/mol. The van der Waals surface area contributed by atoms with Gasteiger partial charge in [-0.2, -0.15) is 0 Å². The number of primary amides is 1. The van der Waals surface area contributed by atoms with Crippen LogP contribution in [0.25, 0.3) is 10.9 Å². The molecule has 3 heterocycles. The quantitative estimate of drug-likeness (QED) is 0.691. The van der Waals surface area contributed by atoms with Gasteiger partial charge in [0.2, 0.25) is 5.91 Å². The summed E-state index contributed by atoms with van der Waals surface area (Å²) in [6, 6.07) is 7.57. The summed E-state index contributed by atoms with van der Waals surface area (Å²) in [6.07, 6.45) is 2.92. The highest BCUT2D eigenvalue weighted by atomic mass is 16.5. The minimum absolute atomic E-state index is 0.192. The van der Waals surface area contributed by atoms with Crippen molar-refractivity contribution in [2.45, 2.75) is 39.2 Å². The van der Waals surface area contributed by atoms with Crippen LogP contribution < -0.4 is 5.73 Å². The van der Waals surface area contributed by atoms with Crippen LogP contribution in [0, 0.1) is 5.92 Å². The first-order valence-electron chi connectivity index (χ1n) is 11.3. The zero-order valence-electron chi connectivity index (χ0n) is 18.5. The average molecular weight is 439 g/mol. The van der Waals surface area contributed by atoms with Crippen molar-refractivity contribution in [2.75, 3.05) is 32.8 Å². The Morgan fingerprint density at radius 2 is 1.91 bits per heavy atom. The Labute approximate surface area is 187 Å². The fourth-order valence-electron chi connectivity index (χ4n) is 4.69. The number of aromatic nitrogens is 1. The van der Waals surface area contributed by atoms with Gasteiger partial charge in [-0.1, -0.05) is 25.1 Å². The molecule has 2 N–H and O–H groups in total. The molecule has 0 radical (unpaired) electrons. The van der Waals surface area contributed by atoms with Crippen LogP contribution in [0.1, 0.15) is 47.8 Å². The van der Waals surface area contributed by atoms with Crippen molar-refractivity contribution in [3.05, 3.63) is 41.1 Å². The van der Waals surface area contributed by atoms with Crippen LogP contribution in [0.2, 0.25) is 0 Å². The molecule has 0 saturated carbocycles. The number of ether oxygens (including phenoxy) is 1. The summed E-state index contributed by atoms with van der Waals surface area (Å²) in [5.74, 6) is -1.25. The first-order valence-corrected chi connectivity index (χ1v) is 11.3. The fourth-order valence-corrected chi connectivity index (χ4v) is 4.69. The standard InChI is InChI=1S/C24H30N4O4/c1-2-10-27-11-9-20-18(14-27)22(17-5-3-4-6-19(17)26-20)24(31)32-15-21(29)28-12-7-16(8-13-28)23(25)30/h3-6,16H,2,7-15H2,1H3,(H2,25,30). The van der Waals surface area contributed by atoms with Crippen LogP contribution in [0.15, 0.2) is 24.3 Å². The van der Waals surface area contributed by atoms with Crippen molar-refractivity contribution in [3.63, 3.8) is 0 Å². The Hall–Kier alpha value is -3.00. The molecular weight excluding hydrogens is 408 g/mol. The number of piperidine rings is 1. The van der Waals surface area contributed by atoms with Gasteiger partial charge in [0, 0.05) is 55.2 Å². The predicted octanol–water partition coefficient (Wildman–Crippen LogP) is 1.88. The van der Waals surface area contributed by atoms with Gasteiger partial charge in [-0.3, -0.25) is 19.5 Å². The minimum atomic E-state index is -0.487. The summed E-state index contributed by atoms with van der Waals surface area (Å²) < 4.78 is 5.52. The lowest BCUT2D eigenvalue weighted by Gasteiger charge is -2.31. The number of pyridine rings is 1. The van der Waals surface area contributed by atoms with Crippen molar-refractivity contribution in [1.82, 2.24) is 14.8 Å². The summed E-state index contributed by atoms with van der Waals surface area (Å²) in [7, 11) is 0. The normalized spacial score (nSPS) is 17.2. The molecule has 1 saturated heterocycles. The van der Waals surface area contributed by atoms with E-state index in [1.807, 2.05) is 24.3 Å². The van der Waals surface area contributed by atoms with Gasteiger partial charge in [0.25, 0.3) is 5.91 Å². The molecule has 4 rings (SSSR count). The minimum Gasteiger partial charge on any atom is -0.452 e. The lowest BCUT2D eigenvalue weighted by Crippen LogP contribution is -2.43. The monoisotopic (exact) mass is 438 g/mol. The van der Waals surface area contributed by atoms with Crippen LogP contribution >= 0.6 is 0 Å². The number of esters is 1. The third kappa shape index (κ3) is 4.60. The first kappa shape index (κ1) is 22.2. The van der Waals surface area contributed by atoms with E-state index >= 15 is 0 Å². The van der Waals surface area contributed by atoms with Crippen molar-refractivity contribution in [2.24, 2.45) is 11.7 Å². The SMILES string of the molecule is CCCN1CCc2nc3ccccc3c(C(=O)OCC(=O)N3CCC(C(N)=O)CC3)c2C1. The maximum Gasteiger partial charge on any atom is 0.339 e. The number of nitrogens with two attached hydrogens (primary N) is 1. The second-order valence-corrected chi connectivity index (χ2v) is 8.59. The molecule has 1 fully saturated rings. The van der Waals surface area contributed by atoms with Gasteiger partial charge in [0.1, 0.15) is 0 Å². The molecule has 32 heavy (non-hydrogen) atoms. The van der Waals surface area contributed by atoms with Gasteiger partial charge in [-0.25, -0.2) is 4.79 Å². The van der Waals surface area contributed by atoms with Gasteiger partial charge in [-0.05, 0) is 31.9 Å². The molecule has 2 aromatic rings. The average Bonchev–Trinajstić information content (AvgIpc) is 2.81. The lowest BCUT2D eigenvalue weighted by atomic mass is 9.95. The molecule has 2 aliphatic heterocycles.